The zero-order valence-electron chi connectivity index (χ0n) is 9.73. The Morgan fingerprint density at radius 3 is 2.29 bits per heavy atom. The molecule has 0 radical (unpaired) electrons. The summed E-state index contributed by atoms with van der Waals surface area (Å²) >= 11 is 0. The number of alkyl halides is 3. The molecule has 5 nitrogen and oxygen atoms in total. The van der Waals surface area contributed by atoms with Gasteiger partial charge >= 0.3 is 6.18 Å². The fraction of sp³-hybridized carbons (Fsp3) is 0.778. The first-order valence-electron chi connectivity index (χ1n) is 5.04. The molecule has 0 aromatic carbocycles. The number of rotatable bonds is 6. The normalized spacial score (nSPS) is 11.1. The minimum Gasteiger partial charge on any atom is -0.346 e. The Bertz CT molecular complexity index is 269. The van der Waals surface area contributed by atoms with Crippen LogP contribution in [0.25, 0.3) is 0 Å². The molecular weight excluding hydrogens is 239 g/mol. The molecule has 0 aliphatic carbocycles. The molecule has 2 amide bonds. The first-order valence-corrected chi connectivity index (χ1v) is 5.04. The van der Waals surface area contributed by atoms with Crippen LogP contribution in [0, 0.1) is 0 Å². The summed E-state index contributed by atoms with van der Waals surface area (Å²) in [5.41, 5.74) is 0. The highest BCUT2D eigenvalue weighted by atomic mass is 19.4. The Morgan fingerprint density at radius 2 is 1.82 bits per heavy atom. The van der Waals surface area contributed by atoms with Crippen LogP contribution in [-0.2, 0) is 9.59 Å². The lowest BCUT2D eigenvalue weighted by atomic mass is 10.4. The van der Waals surface area contributed by atoms with Crippen molar-refractivity contribution in [1.29, 1.82) is 0 Å². The molecule has 0 saturated heterocycles. The van der Waals surface area contributed by atoms with Crippen LogP contribution in [0.5, 0.6) is 0 Å². The summed E-state index contributed by atoms with van der Waals surface area (Å²) in [6, 6.07) is 0. The molecule has 0 aromatic heterocycles. The zero-order valence-corrected chi connectivity index (χ0v) is 9.73. The van der Waals surface area contributed by atoms with Crippen molar-refractivity contribution in [1.82, 2.24) is 15.5 Å². The smallest absolute Gasteiger partial charge is 0.346 e. The van der Waals surface area contributed by atoms with Crippen molar-refractivity contribution >= 4 is 11.8 Å². The van der Waals surface area contributed by atoms with Gasteiger partial charge in [-0.05, 0) is 6.92 Å². The molecule has 0 spiro atoms. The lowest BCUT2D eigenvalue weighted by molar-refractivity contribution is -0.138. The quantitative estimate of drug-likeness (QED) is 0.687. The summed E-state index contributed by atoms with van der Waals surface area (Å²) < 4.78 is 35.2. The minimum atomic E-state index is -4.42. The van der Waals surface area contributed by atoms with E-state index in [0.717, 1.165) is 0 Å². The van der Waals surface area contributed by atoms with E-state index in [9.17, 15) is 22.8 Å². The first-order chi connectivity index (χ1) is 7.76. The van der Waals surface area contributed by atoms with E-state index < -0.39 is 18.6 Å². The van der Waals surface area contributed by atoms with Crippen molar-refractivity contribution in [2.75, 3.05) is 33.2 Å². The SMILES string of the molecule is CCN(C)C(=O)CNCC(=O)NCC(F)(F)F. The number of amides is 2. The van der Waals surface area contributed by atoms with E-state index in [2.05, 4.69) is 5.32 Å². The maximum Gasteiger partial charge on any atom is 0.405 e. The standard InChI is InChI=1S/C9H16F3N3O2/c1-3-15(2)8(17)5-13-4-7(16)14-6-9(10,11)12/h13H,3-6H2,1-2H3,(H,14,16). The van der Waals surface area contributed by atoms with Crippen LogP contribution in [0.3, 0.4) is 0 Å². The summed E-state index contributed by atoms with van der Waals surface area (Å²) in [6.45, 7) is 0.550. The number of carbonyl (C=O) groups excluding carboxylic acids is 2. The second-order valence-electron chi connectivity index (χ2n) is 3.40. The lowest BCUT2D eigenvalue weighted by Crippen LogP contribution is -2.42. The van der Waals surface area contributed by atoms with E-state index in [-0.39, 0.29) is 19.0 Å². The van der Waals surface area contributed by atoms with Crippen molar-refractivity contribution in [2.45, 2.75) is 13.1 Å². The summed E-state index contributed by atoms with van der Waals surface area (Å²) in [4.78, 5) is 23.6. The molecule has 2 N–H and O–H groups in total. The van der Waals surface area contributed by atoms with E-state index in [0.29, 0.717) is 6.54 Å². The third kappa shape index (κ3) is 8.49. The maximum absolute atomic E-state index is 11.7. The predicted octanol–water partition coefficient (Wildman–Crippen LogP) is -0.267. The van der Waals surface area contributed by atoms with Crippen molar-refractivity contribution < 1.29 is 22.8 Å². The Balaban J connectivity index is 3.69. The van der Waals surface area contributed by atoms with Gasteiger partial charge in [0, 0.05) is 13.6 Å². The van der Waals surface area contributed by atoms with E-state index in [1.807, 2.05) is 0 Å². The summed E-state index contributed by atoms with van der Waals surface area (Å²) in [5.74, 6) is -1.02. The Hall–Kier alpha value is -1.31. The highest BCUT2D eigenvalue weighted by Crippen LogP contribution is 2.11. The lowest BCUT2D eigenvalue weighted by Gasteiger charge is -2.14. The van der Waals surface area contributed by atoms with Crippen LogP contribution in [0.15, 0.2) is 0 Å². The predicted molar refractivity (Wildman–Crippen MR) is 55.2 cm³/mol. The first kappa shape index (κ1) is 15.7. The van der Waals surface area contributed by atoms with Crippen molar-refractivity contribution in [2.24, 2.45) is 0 Å². The molecule has 0 saturated carbocycles. The van der Waals surface area contributed by atoms with Gasteiger partial charge in [-0.15, -0.1) is 0 Å². The average molecular weight is 255 g/mol. The van der Waals surface area contributed by atoms with Gasteiger partial charge in [0.1, 0.15) is 6.54 Å². The van der Waals surface area contributed by atoms with Gasteiger partial charge in [0.05, 0.1) is 13.1 Å². The molecule has 100 valence electrons. The van der Waals surface area contributed by atoms with Gasteiger partial charge in [0.15, 0.2) is 0 Å². The van der Waals surface area contributed by atoms with E-state index >= 15 is 0 Å². The number of hydrogen-bond acceptors (Lipinski definition) is 3. The molecule has 17 heavy (non-hydrogen) atoms. The van der Waals surface area contributed by atoms with Gasteiger partial charge in [-0.1, -0.05) is 0 Å². The van der Waals surface area contributed by atoms with E-state index in [1.165, 1.54) is 4.90 Å². The number of halogens is 3. The van der Waals surface area contributed by atoms with Crippen molar-refractivity contribution in [3.63, 3.8) is 0 Å². The fourth-order valence-corrected chi connectivity index (χ4v) is 0.856. The van der Waals surface area contributed by atoms with Gasteiger partial charge in [0.2, 0.25) is 11.8 Å². The molecule has 0 rings (SSSR count). The third-order valence-electron chi connectivity index (χ3n) is 1.95. The summed E-state index contributed by atoms with van der Waals surface area (Å²) in [5, 5.41) is 4.15. The Labute approximate surface area is 97.3 Å². The van der Waals surface area contributed by atoms with Gasteiger partial charge < -0.3 is 10.2 Å². The zero-order chi connectivity index (χ0) is 13.5. The molecule has 0 unspecified atom stereocenters. The van der Waals surface area contributed by atoms with Crippen LogP contribution in [0.1, 0.15) is 6.92 Å². The van der Waals surface area contributed by atoms with Gasteiger partial charge in [-0.2, -0.15) is 13.2 Å². The molecule has 0 atom stereocenters. The topological polar surface area (TPSA) is 61.4 Å². The minimum absolute atomic E-state index is 0.0796. The molecule has 0 fully saturated rings. The highest BCUT2D eigenvalue weighted by molar-refractivity contribution is 5.81. The average Bonchev–Trinajstić information content (AvgIpc) is 2.24. The highest BCUT2D eigenvalue weighted by Gasteiger charge is 2.27. The summed E-state index contributed by atoms with van der Waals surface area (Å²) in [7, 11) is 1.59. The van der Waals surface area contributed by atoms with Gasteiger partial charge in [-0.25, -0.2) is 0 Å². The number of likely N-dealkylation sites (N-methyl/N-ethyl adjacent to an activating group) is 1. The van der Waals surface area contributed by atoms with Crippen LogP contribution in [0.2, 0.25) is 0 Å². The van der Waals surface area contributed by atoms with Gasteiger partial charge in [-0.3, -0.25) is 14.9 Å². The second kappa shape index (κ2) is 7.10. The number of nitrogens with zero attached hydrogens (tertiary/aromatic N) is 1. The molecule has 0 bridgehead atoms. The van der Waals surface area contributed by atoms with Crippen LogP contribution >= 0.6 is 0 Å². The van der Waals surface area contributed by atoms with Crippen molar-refractivity contribution in [3.05, 3.63) is 0 Å². The third-order valence-corrected chi connectivity index (χ3v) is 1.95. The fourth-order valence-electron chi connectivity index (χ4n) is 0.856. The molecule has 0 aromatic rings. The van der Waals surface area contributed by atoms with Gasteiger partial charge in [0.25, 0.3) is 0 Å². The Morgan fingerprint density at radius 1 is 1.24 bits per heavy atom. The molecular formula is C9H16F3N3O2. The largest absolute Gasteiger partial charge is 0.405 e. The number of hydrogen-bond donors (Lipinski definition) is 2. The van der Waals surface area contributed by atoms with E-state index in [1.54, 1.807) is 19.3 Å². The Kier molecular flexibility index (Phi) is 6.55. The van der Waals surface area contributed by atoms with Crippen LogP contribution in [-0.4, -0.2) is 56.1 Å². The van der Waals surface area contributed by atoms with Crippen molar-refractivity contribution in [3.8, 4) is 0 Å². The second-order valence-corrected chi connectivity index (χ2v) is 3.40. The van der Waals surface area contributed by atoms with Crippen LogP contribution < -0.4 is 10.6 Å². The number of carbonyl (C=O) groups is 2. The number of nitrogens with one attached hydrogen (secondary N) is 2. The molecule has 0 aliphatic rings. The molecule has 0 aliphatic heterocycles. The molecule has 0 heterocycles. The summed E-state index contributed by atoms with van der Waals surface area (Å²) in [6.07, 6.45) is -4.42. The van der Waals surface area contributed by atoms with E-state index in [4.69, 9.17) is 0 Å². The van der Waals surface area contributed by atoms with Crippen LogP contribution in [0.4, 0.5) is 13.2 Å². The monoisotopic (exact) mass is 255 g/mol. The maximum atomic E-state index is 11.7. The molecule has 8 heteroatoms.